The molecule has 0 heterocycles. The molecule has 0 amide bonds. The third-order valence-electron chi connectivity index (χ3n) is 0.492. The Hall–Kier alpha value is -0.0800. The molecule has 0 saturated heterocycles. The van der Waals surface area contributed by atoms with Gasteiger partial charge in [-0.3, -0.25) is 0 Å². The van der Waals surface area contributed by atoms with Crippen molar-refractivity contribution in [2.24, 2.45) is 0 Å². The summed E-state index contributed by atoms with van der Waals surface area (Å²) in [5, 5.41) is 0. The fourth-order valence-corrected chi connectivity index (χ4v) is 0.167. The van der Waals surface area contributed by atoms with Crippen LogP contribution < -0.4 is 0 Å². The van der Waals surface area contributed by atoms with E-state index in [0.29, 0.717) is 13.2 Å². The fraction of sp³-hybridized carbons (Fsp3) is 1.00. The van der Waals surface area contributed by atoms with Crippen molar-refractivity contribution in [1.29, 1.82) is 0 Å². The van der Waals surface area contributed by atoms with Crippen LogP contribution in [0.2, 0.25) is 0 Å². The van der Waals surface area contributed by atoms with Gasteiger partial charge >= 0.3 is 1.43 Å². The Balaban J connectivity index is 0. The zero-order valence-electron chi connectivity index (χ0n) is 5.23. The molecule has 0 radical (unpaired) electrons. The quantitative estimate of drug-likeness (QED) is 0.468. The molecular formula is C4H11O2+. The van der Waals surface area contributed by atoms with Crippen molar-refractivity contribution in [3.8, 4) is 0 Å². The zero-order chi connectivity index (χ0) is 4.83. The summed E-state index contributed by atoms with van der Waals surface area (Å²) in [5.41, 5.74) is 0. The first-order valence-electron chi connectivity index (χ1n) is 1.89. The lowest BCUT2D eigenvalue weighted by Crippen LogP contribution is -1.96. The smallest absolute Gasteiger partial charge is 0.382 e. The van der Waals surface area contributed by atoms with Crippen LogP contribution in [-0.2, 0) is 9.47 Å². The molecular weight excluding hydrogens is 80.0 g/mol. The minimum atomic E-state index is 0. The molecule has 0 aliphatic heterocycles. The van der Waals surface area contributed by atoms with Crippen LogP contribution >= 0.6 is 0 Å². The molecule has 0 rings (SSSR count). The van der Waals surface area contributed by atoms with E-state index in [1.54, 1.807) is 14.2 Å². The molecule has 0 unspecified atom stereocenters. The number of hydrogen-bond donors (Lipinski definition) is 0. The van der Waals surface area contributed by atoms with Crippen molar-refractivity contribution in [3.63, 3.8) is 0 Å². The van der Waals surface area contributed by atoms with Crippen LogP contribution in [0, 0.1) is 0 Å². The third-order valence-corrected chi connectivity index (χ3v) is 0.492. The summed E-state index contributed by atoms with van der Waals surface area (Å²) in [5.74, 6) is 0. The van der Waals surface area contributed by atoms with E-state index in [1.165, 1.54) is 0 Å². The number of ether oxygens (including phenoxy) is 2. The number of hydrogen-bond acceptors (Lipinski definition) is 2. The standard InChI is InChI=1S/C4H10O2/c1-5-3-4-6-2/h3-4H2,1-2H3/p+1. The lowest BCUT2D eigenvalue weighted by molar-refractivity contribution is 0.103. The first-order valence-corrected chi connectivity index (χ1v) is 1.89. The second-order valence-electron chi connectivity index (χ2n) is 0.986. The highest BCUT2D eigenvalue weighted by Gasteiger charge is 1.73. The Bertz CT molecular complexity index is 21.7. The van der Waals surface area contributed by atoms with Gasteiger partial charge in [0.2, 0.25) is 0 Å². The molecule has 0 aromatic carbocycles. The summed E-state index contributed by atoms with van der Waals surface area (Å²) < 4.78 is 9.31. The van der Waals surface area contributed by atoms with Gasteiger partial charge in [0.05, 0.1) is 13.2 Å². The molecule has 0 aromatic heterocycles. The average Bonchev–Trinajstić information content (AvgIpc) is 1.61. The van der Waals surface area contributed by atoms with Gasteiger partial charge in [-0.15, -0.1) is 0 Å². The van der Waals surface area contributed by atoms with E-state index in [1.807, 2.05) is 0 Å². The van der Waals surface area contributed by atoms with Crippen LogP contribution in [-0.4, -0.2) is 27.4 Å². The number of methoxy groups -OCH3 is 2. The molecule has 38 valence electrons. The molecule has 0 bridgehead atoms. The summed E-state index contributed by atoms with van der Waals surface area (Å²) in [6.45, 7) is 1.38. The molecule has 0 spiro atoms. The SMILES string of the molecule is COCCOC.[H+]. The highest BCUT2D eigenvalue weighted by Crippen LogP contribution is 1.65. The van der Waals surface area contributed by atoms with Crippen molar-refractivity contribution >= 4 is 0 Å². The Morgan fingerprint density at radius 1 is 1.17 bits per heavy atom. The van der Waals surface area contributed by atoms with E-state index >= 15 is 0 Å². The van der Waals surface area contributed by atoms with Crippen LogP contribution in [0.5, 0.6) is 0 Å². The summed E-state index contributed by atoms with van der Waals surface area (Å²) in [7, 11) is 3.30. The lowest BCUT2D eigenvalue weighted by Gasteiger charge is -1.91. The normalized spacial score (nSPS) is 9.00. The Morgan fingerprint density at radius 3 is 1.67 bits per heavy atom. The summed E-state index contributed by atoms with van der Waals surface area (Å²) in [6.07, 6.45) is 0. The first-order chi connectivity index (χ1) is 2.91. The van der Waals surface area contributed by atoms with Crippen molar-refractivity contribution in [3.05, 3.63) is 0 Å². The van der Waals surface area contributed by atoms with Gasteiger partial charge < -0.3 is 9.47 Å². The zero-order valence-corrected chi connectivity index (χ0v) is 4.23. The molecule has 0 aromatic rings. The van der Waals surface area contributed by atoms with E-state index in [4.69, 9.17) is 0 Å². The largest absolute Gasteiger partial charge is 1.00 e. The van der Waals surface area contributed by atoms with Crippen molar-refractivity contribution in [2.75, 3.05) is 27.4 Å². The van der Waals surface area contributed by atoms with E-state index < -0.39 is 0 Å². The summed E-state index contributed by atoms with van der Waals surface area (Å²) in [6, 6.07) is 0. The van der Waals surface area contributed by atoms with Gasteiger partial charge in [0, 0.05) is 14.2 Å². The van der Waals surface area contributed by atoms with Crippen molar-refractivity contribution in [1.82, 2.24) is 0 Å². The van der Waals surface area contributed by atoms with Gasteiger partial charge in [-0.1, -0.05) is 0 Å². The minimum absolute atomic E-state index is 0. The van der Waals surface area contributed by atoms with Crippen LogP contribution in [0.3, 0.4) is 0 Å². The summed E-state index contributed by atoms with van der Waals surface area (Å²) >= 11 is 0. The molecule has 0 fully saturated rings. The molecule has 6 heavy (non-hydrogen) atoms. The Labute approximate surface area is 39.5 Å². The van der Waals surface area contributed by atoms with Crippen molar-refractivity contribution in [2.45, 2.75) is 0 Å². The van der Waals surface area contributed by atoms with Crippen LogP contribution in [0.4, 0.5) is 0 Å². The van der Waals surface area contributed by atoms with E-state index in [-0.39, 0.29) is 1.43 Å². The van der Waals surface area contributed by atoms with E-state index in [2.05, 4.69) is 9.47 Å². The van der Waals surface area contributed by atoms with Gasteiger partial charge in [-0.05, 0) is 0 Å². The monoisotopic (exact) mass is 91.1 g/mol. The highest BCUT2D eigenvalue weighted by molar-refractivity contribution is 4.17. The fourth-order valence-electron chi connectivity index (χ4n) is 0.167. The molecule has 2 heteroatoms. The third kappa shape index (κ3) is 3.92. The molecule has 0 aliphatic rings. The topological polar surface area (TPSA) is 18.5 Å². The maximum Gasteiger partial charge on any atom is 1.00 e. The Morgan fingerprint density at radius 2 is 1.50 bits per heavy atom. The number of rotatable bonds is 3. The molecule has 0 atom stereocenters. The molecule has 0 aliphatic carbocycles. The van der Waals surface area contributed by atoms with Crippen molar-refractivity contribution < 1.29 is 10.9 Å². The van der Waals surface area contributed by atoms with Gasteiger partial charge in [0.25, 0.3) is 0 Å². The van der Waals surface area contributed by atoms with Gasteiger partial charge in [0.15, 0.2) is 0 Å². The second kappa shape index (κ2) is 4.92. The predicted octanol–water partition coefficient (Wildman–Crippen LogP) is 0.392. The first kappa shape index (κ1) is 5.92. The minimum Gasteiger partial charge on any atom is -0.382 e. The lowest BCUT2D eigenvalue weighted by atomic mass is 10.8. The van der Waals surface area contributed by atoms with Crippen LogP contribution in [0.25, 0.3) is 0 Å². The second-order valence-corrected chi connectivity index (χ2v) is 0.986. The Kier molecular flexibility index (Phi) is 4.85. The predicted molar refractivity (Wildman–Crippen MR) is 24.9 cm³/mol. The molecule has 0 N–H and O–H groups in total. The highest BCUT2D eigenvalue weighted by atomic mass is 16.5. The van der Waals surface area contributed by atoms with Gasteiger partial charge in [-0.25, -0.2) is 0 Å². The summed E-state index contributed by atoms with van der Waals surface area (Å²) in [4.78, 5) is 0. The van der Waals surface area contributed by atoms with Crippen LogP contribution in [0.15, 0.2) is 0 Å². The van der Waals surface area contributed by atoms with Gasteiger partial charge in [0.1, 0.15) is 0 Å². The van der Waals surface area contributed by atoms with E-state index in [9.17, 15) is 0 Å². The average molecular weight is 91.1 g/mol. The maximum atomic E-state index is 4.66. The van der Waals surface area contributed by atoms with Crippen LogP contribution in [0.1, 0.15) is 1.43 Å². The molecule has 2 nitrogen and oxygen atoms in total. The maximum absolute atomic E-state index is 4.66. The van der Waals surface area contributed by atoms with E-state index in [0.717, 1.165) is 0 Å². The molecule has 0 saturated carbocycles. The van der Waals surface area contributed by atoms with Gasteiger partial charge in [-0.2, -0.15) is 0 Å².